The van der Waals surface area contributed by atoms with Crippen LogP contribution in [0.25, 0.3) is 6.08 Å². The summed E-state index contributed by atoms with van der Waals surface area (Å²) in [5.41, 5.74) is 0.251. The zero-order valence-corrected chi connectivity index (χ0v) is 10.7. The van der Waals surface area contributed by atoms with E-state index in [0.29, 0.717) is 5.02 Å². The highest BCUT2D eigenvalue weighted by Crippen LogP contribution is 2.20. The second-order valence-electron chi connectivity index (χ2n) is 4.46. The number of carbonyl (C=O) groups excluding carboxylic acids is 1. The maximum atomic E-state index is 13.4. The third kappa shape index (κ3) is 3.33. The predicted octanol–water partition coefficient (Wildman–Crippen LogP) is 3.55. The molecule has 0 aromatic heterocycles. The average molecular weight is 268 g/mol. The maximum absolute atomic E-state index is 13.4. The van der Waals surface area contributed by atoms with E-state index < -0.39 is 5.82 Å². The van der Waals surface area contributed by atoms with Crippen LogP contribution in [0.4, 0.5) is 4.39 Å². The van der Waals surface area contributed by atoms with Gasteiger partial charge in [-0.3, -0.25) is 4.79 Å². The van der Waals surface area contributed by atoms with Gasteiger partial charge in [-0.05, 0) is 31.1 Å². The van der Waals surface area contributed by atoms with Crippen molar-refractivity contribution >= 4 is 23.6 Å². The van der Waals surface area contributed by atoms with E-state index in [1.54, 1.807) is 6.07 Å². The molecule has 2 nitrogen and oxygen atoms in total. The van der Waals surface area contributed by atoms with E-state index in [9.17, 15) is 9.18 Å². The lowest BCUT2D eigenvalue weighted by molar-refractivity contribution is -0.117. The second kappa shape index (κ2) is 6.01. The number of hydrogen-bond acceptors (Lipinski definition) is 1. The van der Waals surface area contributed by atoms with Gasteiger partial charge < -0.3 is 5.32 Å². The van der Waals surface area contributed by atoms with E-state index >= 15 is 0 Å². The van der Waals surface area contributed by atoms with Gasteiger partial charge in [0.25, 0.3) is 0 Å². The number of amides is 1. The first kappa shape index (κ1) is 13.1. The summed E-state index contributed by atoms with van der Waals surface area (Å²) in [7, 11) is 0. The number of benzene rings is 1. The molecule has 1 aliphatic rings. The fourth-order valence-corrected chi connectivity index (χ4v) is 2.37. The number of rotatable bonds is 3. The minimum atomic E-state index is -0.424. The van der Waals surface area contributed by atoms with Crippen molar-refractivity contribution in [1.29, 1.82) is 0 Å². The van der Waals surface area contributed by atoms with Crippen molar-refractivity contribution in [2.24, 2.45) is 0 Å². The van der Waals surface area contributed by atoms with Crippen LogP contribution in [0.2, 0.25) is 5.02 Å². The first-order chi connectivity index (χ1) is 8.66. The molecule has 1 amide bonds. The van der Waals surface area contributed by atoms with Crippen molar-refractivity contribution in [2.45, 2.75) is 31.7 Å². The van der Waals surface area contributed by atoms with Gasteiger partial charge in [0, 0.05) is 17.7 Å². The van der Waals surface area contributed by atoms with Crippen molar-refractivity contribution in [2.75, 3.05) is 0 Å². The molecule has 0 radical (unpaired) electrons. The predicted molar refractivity (Wildman–Crippen MR) is 70.8 cm³/mol. The topological polar surface area (TPSA) is 29.1 Å². The Morgan fingerprint density at radius 2 is 2.11 bits per heavy atom. The fourth-order valence-electron chi connectivity index (χ4n) is 2.15. The van der Waals surface area contributed by atoms with Gasteiger partial charge in [-0.15, -0.1) is 0 Å². The monoisotopic (exact) mass is 267 g/mol. The van der Waals surface area contributed by atoms with E-state index in [-0.39, 0.29) is 17.5 Å². The second-order valence-corrected chi connectivity index (χ2v) is 4.87. The molecule has 1 aliphatic carbocycles. The van der Waals surface area contributed by atoms with Crippen LogP contribution in [-0.4, -0.2) is 11.9 Å². The van der Waals surface area contributed by atoms with Crippen LogP contribution >= 0.6 is 11.6 Å². The first-order valence-corrected chi connectivity index (χ1v) is 6.47. The highest BCUT2D eigenvalue weighted by molar-refractivity contribution is 6.32. The molecule has 0 atom stereocenters. The SMILES string of the molecule is O=C(/C=C/c1c(F)cccc1Cl)NC1CCCC1. The summed E-state index contributed by atoms with van der Waals surface area (Å²) in [4.78, 5) is 11.6. The molecule has 1 N–H and O–H groups in total. The van der Waals surface area contributed by atoms with Crippen LogP contribution in [0.1, 0.15) is 31.2 Å². The Morgan fingerprint density at radius 3 is 2.78 bits per heavy atom. The van der Waals surface area contributed by atoms with Crippen LogP contribution < -0.4 is 5.32 Å². The summed E-state index contributed by atoms with van der Waals surface area (Å²) in [5.74, 6) is -0.617. The minimum absolute atomic E-state index is 0.193. The summed E-state index contributed by atoms with van der Waals surface area (Å²) >= 11 is 5.86. The molecule has 1 aromatic rings. The number of hydrogen-bond donors (Lipinski definition) is 1. The van der Waals surface area contributed by atoms with E-state index in [0.717, 1.165) is 25.7 Å². The highest BCUT2D eigenvalue weighted by Gasteiger charge is 2.15. The van der Waals surface area contributed by atoms with Crippen molar-refractivity contribution < 1.29 is 9.18 Å². The smallest absolute Gasteiger partial charge is 0.244 e. The Hall–Kier alpha value is -1.35. The average Bonchev–Trinajstić information content (AvgIpc) is 2.81. The normalized spacial score (nSPS) is 16.3. The molecular formula is C14H15ClFNO. The summed E-state index contributed by atoms with van der Waals surface area (Å²) < 4.78 is 13.4. The molecule has 0 unspecified atom stereocenters. The van der Waals surface area contributed by atoms with Crippen molar-refractivity contribution in [1.82, 2.24) is 5.32 Å². The van der Waals surface area contributed by atoms with Gasteiger partial charge in [0.15, 0.2) is 0 Å². The summed E-state index contributed by atoms with van der Waals surface area (Å²) in [6.07, 6.45) is 7.13. The molecule has 0 heterocycles. The van der Waals surface area contributed by atoms with Crippen molar-refractivity contribution in [3.8, 4) is 0 Å². The summed E-state index contributed by atoms with van der Waals surface area (Å²) in [6.45, 7) is 0. The molecule has 0 aliphatic heterocycles. The zero-order valence-electron chi connectivity index (χ0n) is 9.96. The molecule has 0 saturated heterocycles. The third-order valence-corrected chi connectivity index (χ3v) is 3.43. The Balaban J connectivity index is 1.99. The molecule has 1 fully saturated rings. The molecular weight excluding hydrogens is 253 g/mol. The molecule has 1 aromatic carbocycles. The number of nitrogens with one attached hydrogen (secondary N) is 1. The Kier molecular flexibility index (Phi) is 4.37. The number of halogens is 2. The van der Waals surface area contributed by atoms with E-state index in [1.165, 1.54) is 24.3 Å². The van der Waals surface area contributed by atoms with Gasteiger partial charge >= 0.3 is 0 Å². The lowest BCUT2D eigenvalue weighted by Crippen LogP contribution is -2.30. The van der Waals surface area contributed by atoms with Crippen LogP contribution in [0.3, 0.4) is 0 Å². The van der Waals surface area contributed by atoms with E-state index in [1.807, 2.05) is 0 Å². The van der Waals surface area contributed by atoms with Crippen LogP contribution in [-0.2, 0) is 4.79 Å². The molecule has 18 heavy (non-hydrogen) atoms. The molecule has 4 heteroatoms. The molecule has 0 spiro atoms. The maximum Gasteiger partial charge on any atom is 0.244 e. The highest BCUT2D eigenvalue weighted by atomic mass is 35.5. The van der Waals surface area contributed by atoms with E-state index in [4.69, 9.17) is 11.6 Å². The largest absolute Gasteiger partial charge is 0.350 e. The van der Waals surface area contributed by atoms with Gasteiger partial charge in [0.1, 0.15) is 5.82 Å². The minimum Gasteiger partial charge on any atom is -0.350 e. The lowest BCUT2D eigenvalue weighted by atomic mass is 10.2. The molecule has 96 valence electrons. The Morgan fingerprint density at radius 1 is 1.39 bits per heavy atom. The Bertz CT molecular complexity index is 447. The van der Waals surface area contributed by atoms with Gasteiger partial charge in [-0.25, -0.2) is 4.39 Å². The standard InChI is InChI=1S/C14H15ClFNO/c15-12-6-3-7-13(16)11(12)8-9-14(18)17-10-4-1-2-5-10/h3,6-10H,1-2,4-5H2,(H,17,18)/b9-8+. The van der Waals surface area contributed by atoms with Gasteiger partial charge in [0.05, 0.1) is 5.02 Å². The summed E-state index contributed by atoms with van der Waals surface area (Å²) in [5, 5.41) is 3.20. The van der Waals surface area contributed by atoms with Crippen molar-refractivity contribution in [3.05, 3.63) is 40.7 Å². The van der Waals surface area contributed by atoms with E-state index in [2.05, 4.69) is 5.32 Å². The van der Waals surface area contributed by atoms with Crippen LogP contribution in [0.5, 0.6) is 0 Å². The summed E-state index contributed by atoms with van der Waals surface area (Å²) in [6, 6.07) is 4.71. The molecule has 1 saturated carbocycles. The van der Waals surface area contributed by atoms with Crippen LogP contribution in [0, 0.1) is 5.82 Å². The van der Waals surface area contributed by atoms with Gasteiger partial charge in [0.2, 0.25) is 5.91 Å². The zero-order chi connectivity index (χ0) is 13.0. The third-order valence-electron chi connectivity index (χ3n) is 3.10. The Labute approximate surface area is 111 Å². The quantitative estimate of drug-likeness (QED) is 0.834. The van der Waals surface area contributed by atoms with Gasteiger partial charge in [-0.1, -0.05) is 30.5 Å². The van der Waals surface area contributed by atoms with Crippen LogP contribution in [0.15, 0.2) is 24.3 Å². The first-order valence-electron chi connectivity index (χ1n) is 6.09. The molecule has 2 rings (SSSR count). The fraction of sp³-hybridized carbons (Fsp3) is 0.357. The lowest BCUT2D eigenvalue weighted by Gasteiger charge is -2.09. The van der Waals surface area contributed by atoms with Gasteiger partial charge in [-0.2, -0.15) is 0 Å². The molecule has 0 bridgehead atoms. The number of carbonyl (C=O) groups is 1. The van der Waals surface area contributed by atoms with Crippen molar-refractivity contribution in [3.63, 3.8) is 0 Å².